The lowest BCUT2D eigenvalue weighted by molar-refractivity contribution is -0.118. The number of ketones is 2. The lowest BCUT2D eigenvalue weighted by Crippen LogP contribution is -2.07. The van der Waals surface area contributed by atoms with Crippen molar-refractivity contribution < 1.29 is 9.59 Å². The van der Waals surface area contributed by atoms with Gasteiger partial charge in [0.05, 0.1) is 6.42 Å². The number of hydrogen-bond donors (Lipinski definition) is 0. The Morgan fingerprint density at radius 1 is 1.19 bits per heavy atom. The van der Waals surface area contributed by atoms with E-state index in [1.807, 2.05) is 19.1 Å². The van der Waals surface area contributed by atoms with Crippen molar-refractivity contribution >= 4 is 27.5 Å². The quantitative estimate of drug-likeness (QED) is 0.588. The first-order valence-electron chi connectivity index (χ1n) is 5.44. The molecule has 3 heteroatoms. The summed E-state index contributed by atoms with van der Waals surface area (Å²) in [4.78, 5) is 23.1. The fourth-order valence-electron chi connectivity index (χ4n) is 1.38. The highest BCUT2D eigenvalue weighted by atomic mass is 79.9. The first-order valence-corrected chi connectivity index (χ1v) is 6.23. The number of Topliss-reactive ketones (excluding diaryl/α,β-unsaturated/α-hetero) is 2. The van der Waals surface area contributed by atoms with Gasteiger partial charge in [-0.3, -0.25) is 9.59 Å². The molecule has 0 aliphatic carbocycles. The van der Waals surface area contributed by atoms with E-state index in [2.05, 4.69) is 15.9 Å². The van der Waals surface area contributed by atoms with Crippen molar-refractivity contribution in [1.29, 1.82) is 0 Å². The number of unbranched alkanes of at least 4 members (excludes halogenated alkanes) is 1. The van der Waals surface area contributed by atoms with Gasteiger partial charge in [-0.1, -0.05) is 41.4 Å². The largest absolute Gasteiger partial charge is 0.299 e. The van der Waals surface area contributed by atoms with Gasteiger partial charge < -0.3 is 0 Å². The molecular weight excluding hydrogens is 268 g/mol. The van der Waals surface area contributed by atoms with Crippen LogP contribution in [0.2, 0.25) is 0 Å². The summed E-state index contributed by atoms with van der Waals surface area (Å²) in [6.45, 7) is 2.03. The zero-order valence-electron chi connectivity index (χ0n) is 9.33. The van der Waals surface area contributed by atoms with E-state index in [9.17, 15) is 9.59 Å². The van der Waals surface area contributed by atoms with Crippen LogP contribution < -0.4 is 0 Å². The maximum absolute atomic E-state index is 11.7. The molecule has 0 saturated carbocycles. The van der Waals surface area contributed by atoms with Crippen LogP contribution in [0.15, 0.2) is 28.7 Å². The van der Waals surface area contributed by atoms with Gasteiger partial charge in [-0.2, -0.15) is 0 Å². The van der Waals surface area contributed by atoms with Gasteiger partial charge in [-0.25, -0.2) is 0 Å². The molecule has 0 heterocycles. The van der Waals surface area contributed by atoms with Gasteiger partial charge in [0.25, 0.3) is 0 Å². The number of halogens is 1. The van der Waals surface area contributed by atoms with Gasteiger partial charge in [0, 0.05) is 16.5 Å². The number of carbonyl (C=O) groups is 2. The SMILES string of the molecule is CCCCC(=O)CC(=O)c1ccc(Br)cc1. The van der Waals surface area contributed by atoms with E-state index < -0.39 is 0 Å². The Labute approximate surface area is 104 Å². The third-order valence-electron chi connectivity index (χ3n) is 2.33. The standard InChI is InChI=1S/C13H15BrO2/c1-2-3-4-12(15)9-13(16)10-5-7-11(14)8-6-10/h5-8H,2-4,9H2,1H3. The van der Waals surface area contributed by atoms with Crippen LogP contribution in [0.3, 0.4) is 0 Å². The Bertz CT molecular complexity index is 368. The minimum absolute atomic E-state index is 0.0294. The third-order valence-corrected chi connectivity index (χ3v) is 2.86. The Hall–Kier alpha value is -0.960. The number of benzene rings is 1. The predicted molar refractivity (Wildman–Crippen MR) is 67.6 cm³/mol. The van der Waals surface area contributed by atoms with Gasteiger partial charge in [0.2, 0.25) is 0 Å². The second-order valence-electron chi connectivity index (χ2n) is 3.75. The number of rotatable bonds is 6. The normalized spacial score (nSPS) is 10.1. The molecule has 0 radical (unpaired) electrons. The highest BCUT2D eigenvalue weighted by molar-refractivity contribution is 9.10. The molecule has 86 valence electrons. The minimum atomic E-state index is -0.0893. The summed E-state index contributed by atoms with van der Waals surface area (Å²) in [5.74, 6) is -0.0524. The van der Waals surface area contributed by atoms with Gasteiger partial charge in [-0.15, -0.1) is 0 Å². The van der Waals surface area contributed by atoms with Crippen LogP contribution in [-0.4, -0.2) is 11.6 Å². The topological polar surface area (TPSA) is 34.1 Å². The molecule has 0 amide bonds. The average molecular weight is 283 g/mol. The summed E-state index contributed by atoms with van der Waals surface area (Å²) in [6, 6.07) is 7.09. The highest BCUT2D eigenvalue weighted by Gasteiger charge is 2.10. The Kier molecular flexibility index (Phi) is 5.39. The van der Waals surface area contributed by atoms with Crippen molar-refractivity contribution in [3.05, 3.63) is 34.3 Å². The van der Waals surface area contributed by atoms with Gasteiger partial charge in [-0.05, 0) is 18.6 Å². The molecule has 0 saturated heterocycles. The monoisotopic (exact) mass is 282 g/mol. The molecule has 0 N–H and O–H groups in total. The van der Waals surface area contributed by atoms with Crippen molar-refractivity contribution in [1.82, 2.24) is 0 Å². The molecular formula is C13H15BrO2. The first-order chi connectivity index (χ1) is 7.63. The van der Waals surface area contributed by atoms with Crippen LogP contribution in [0.4, 0.5) is 0 Å². The van der Waals surface area contributed by atoms with E-state index in [0.717, 1.165) is 17.3 Å². The molecule has 0 aliphatic rings. The van der Waals surface area contributed by atoms with Crippen LogP contribution in [0.5, 0.6) is 0 Å². The van der Waals surface area contributed by atoms with Crippen LogP contribution in [0.25, 0.3) is 0 Å². The van der Waals surface area contributed by atoms with Crippen molar-refractivity contribution in [2.24, 2.45) is 0 Å². The lowest BCUT2D eigenvalue weighted by atomic mass is 10.0. The van der Waals surface area contributed by atoms with Gasteiger partial charge in [0.15, 0.2) is 5.78 Å². The van der Waals surface area contributed by atoms with E-state index in [0.29, 0.717) is 12.0 Å². The van der Waals surface area contributed by atoms with Crippen LogP contribution >= 0.6 is 15.9 Å². The molecule has 1 aromatic carbocycles. The van der Waals surface area contributed by atoms with E-state index in [1.165, 1.54) is 0 Å². The van der Waals surface area contributed by atoms with Crippen molar-refractivity contribution in [3.63, 3.8) is 0 Å². The predicted octanol–water partition coefficient (Wildman–Crippen LogP) is 3.78. The minimum Gasteiger partial charge on any atom is -0.299 e. The van der Waals surface area contributed by atoms with Crippen LogP contribution in [0, 0.1) is 0 Å². The molecule has 0 unspecified atom stereocenters. The average Bonchev–Trinajstić information content (AvgIpc) is 2.27. The summed E-state index contributed by atoms with van der Waals surface area (Å²) in [5, 5.41) is 0. The van der Waals surface area contributed by atoms with Gasteiger partial charge in [0.1, 0.15) is 5.78 Å². The van der Waals surface area contributed by atoms with Crippen molar-refractivity contribution in [3.8, 4) is 0 Å². The van der Waals surface area contributed by atoms with Crippen LogP contribution in [0.1, 0.15) is 43.0 Å². The molecule has 0 fully saturated rings. The Morgan fingerprint density at radius 3 is 2.38 bits per heavy atom. The zero-order valence-corrected chi connectivity index (χ0v) is 10.9. The third kappa shape index (κ3) is 4.27. The van der Waals surface area contributed by atoms with Crippen LogP contribution in [-0.2, 0) is 4.79 Å². The fourth-order valence-corrected chi connectivity index (χ4v) is 1.64. The fraction of sp³-hybridized carbons (Fsp3) is 0.385. The highest BCUT2D eigenvalue weighted by Crippen LogP contribution is 2.12. The molecule has 1 aromatic rings. The molecule has 16 heavy (non-hydrogen) atoms. The van der Waals surface area contributed by atoms with E-state index in [4.69, 9.17) is 0 Å². The van der Waals surface area contributed by atoms with E-state index in [1.54, 1.807) is 12.1 Å². The van der Waals surface area contributed by atoms with E-state index >= 15 is 0 Å². The lowest BCUT2D eigenvalue weighted by Gasteiger charge is -2.00. The molecule has 0 bridgehead atoms. The molecule has 0 aliphatic heterocycles. The summed E-state index contributed by atoms with van der Waals surface area (Å²) in [6.07, 6.45) is 2.39. The smallest absolute Gasteiger partial charge is 0.170 e. The van der Waals surface area contributed by atoms with Crippen molar-refractivity contribution in [2.75, 3.05) is 0 Å². The second kappa shape index (κ2) is 6.59. The Balaban J connectivity index is 2.52. The zero-order chi connectivity index (χ0) is 12.0. The second-order valence-corrected chi connectivity index (χ2v) is 4.66. The number of hydrogen-bond acceptors (Lipinski definition) is 2. The number of carbonyl (C=O) groups excluding carboxylic acids is 2. The summed E-state index contributed by atoms with van der Waals surface area (Å²) in [5.41, 5.74) is 0.605. The van der Waals surface area contributed by atoms with Gasteiger partial charge >= 0.3 is 0 Å². The molecule has 2 nitrogen and oxygen atoms in total. The maximum Gasteiger partial charge on any atom is 0.170 e. The molecule has 0 spiro atoms. The van der Waals surface area contributed by atoms with Crippen molar-refractivity contribution in [2.45, 2.75) is 32.6 Å². The molecule has 0 aromatic heterocycles. The summed E-state index contributed by atoms with van der Waals surface area (Å²) >= 11 is 3.30. The maximum atomic E-state index is 11.7. The molecule has 0 atom stereocenters. The molecule has 1 rings (SSSR count). The van der Waals surface area contributed by atoms with E-state index in [-0.39, 0.29) is 18.0 Å². The Morgan fingerprint density at radius 2 is 1.81 bits per heavy atom. The first kappa shape index (κ1) is 13.1. The summed E-state index contributed by atoms with van der Waals surface area (Å²) in [7, 11) is 0. The summed E-state index contributed by atoms with van der Waals surface area (Å²) < 4.78 is 0.932.